The van der Waals surface area contributed by atoms with Gasteiger partial charge in [-0.25, -0.2) is 17.6 Å². The van der Waals surface area contributed by atoms with Crippen LogP contribution in [-0.2, 0) is 0 Å². The number of hydrogen-bond acceptors (Lipinski definition) is 0. The molecule has 4 aromatic carbocycles. The molecule has 124 valence electrons. The van der Waals surface area contributed by atoms with Crippen molar-refractivity contribution in [3.05, 3.63) is 81.4 Å². The first-order valence-electron chi connectivity index (χ1n) is 7.41. The highest BCUT2D eigenvalue weighted by Gasteiger charge is 2.19. The number of hydrogen-bond donors (Lipinski definition) is 0. The molecule has 25 heavy (non-hydrogen) atoms. The third-order valence-corrected chi connectivity index (χ3v) is 4.93. The largest absolute Gasteiger partial charge is 0.204 e. The molecule has 4 aromatic rings. The number of benzene rings is 4. The Morgan fingerprint density at radius 2 is 1.20 bits per heavy atom. The van der Waals surface area contributed by atoms with E-state index in [-0.39, 0.29) is 16.3 Å². The van der Waals surface area contributed by atoms with Crippen LogP contribution in [0.3, 0.4) is 0 Å². The summed E-state index contributed by atoms with van der Waals surface area (Å²) in [5, 5.41) is 0.125. The second kappa shape index (κ2) is 5.98. The Morgan fingerprint density at radius 1 is 0.600 bits per heavy atom. The summed E-state index contributed by atoms with van der Waals surface area (Å²) in [6, 6.07) is 13.9. The molecule has 0 spiro atoms. The zero-order valence-electron chi connectivity index (χ0n) is 12.6. The third kappa shape index (κ3) is 2.57. The predicted molar refractivity (Wildman–Crippen MR) is 99.4 cm³/mol. The Hall–Kier alpha value is -2.15. The van der Waals surface area contributed by atoms with E-state index in [0.29, 0.717) is 16.3 Å². The minimum absolute atomic E-state index is 0.0811. The first-order valence-corrected chi connectivity index (χ1v) is 8.49. The van der Waals surface area contributed by atoms with E-state index in [9.17, 15) is 17.6 Å². The standard InChI is InChI=1S/C20H9F4I/c21-15-8-5-11-1-2-12-9-14(10-3-6-13(25)7-4-10)18(22)20(24)17(12)16(11)19(15)23/h1-9H. The molecular formula is C20H9F4I. The highest BCUT2D eigenvalue weighted by molar-refractivity contribution is 14.1. The highest BCUT2D eigenvalue weighted by Crippen LogP contribution is 2.36. The van der Waals surface area contributed by atoms with Crippen molar-refractivity contribution in [3.63, 3.8) is 0 Å². The first-order chi connectivity index (χ1) is 12.0. The van der Waals surface area contributed by atoms with Crippen LogP contribution in [0.2, 0.25) is 0 Å². The van der Waals surface area contributed by atoms with Crippen molar-refractivity contribution in [3.8, 4) is 11.1 Å². The van der Waals surface area contributed by atoms with Gasteiger partial charge in [0.2, 0.25) is 0 Å². The molecule has 0 aromatic heterocycles. The van der Waals surface area contributed by atoms with E-state index in [1.807, 2.05) is 0 Å². The molecule has 0 aliphatic carbocycles. The summed E-state index contributed by atoms with van der Waals surface area (Å²) < 4.78 is 58.3. The summed E-state index contributed by atoms with van der Waals surface area (Å²) in [6.07, 6.45) is 0. The van der Waals surface area contributed by atoms with Crippen LogP contribution >= 0.6 is 22.6 Å². The fourth-order valence-electron chi connectivity index (χ4n) is 3.01. The van der Waals surface area contributed by atoms with Gasteiger partial charge in [0.1, 0.15) is 0 Å². The summed E-state index contributed by atoms with van der Waals surface area (Å²) in [4.78, 5) is 0. The topological polar surface area (TPSA) is 0 Å². The summed E-state index contributed by atoms with van der Waals surface area (Å²) in [5.41, 5.74) is 0.594. The lowest BCUT2D eigenvalue weighted by molar-refractivity contribution is 0.513. The third-order valence-electron chi connectivity index (χ3n) is 4.21. The van der Waals surface area contributed by atoms with E-state index in [1.165, 1.54) is 12.1 Å². The van der Waals surface area contributed by atoms with Gasteiger partial charge in [-0.2, -0.15) is 0 Å². The molecule has 5 heteroatoms. The van der Waals surface area contributed by atoms with Crippen molar-refractivity contribution in [1.82, 2.24) is 0 Å². The first kappa shape index (κ1) is 16.3. The maximum absolute atomic E-state index is 14.8. The van der Waals surface area contributed by atoms with E-state index in [4.69, 9.17) is 0 Å². The number of fused-ring (bicyclic) bond motifs is 3. The van der Waals surface area contributed by atoms with Gasteiger partial charge in [0, 0.05) is 19.9 Å². The van der Waals surface area contributed by atoms with E-state index in [1.54, 1.807) is 36.4 Å². The number of rotatable bonds is 1. The minimum atomic E-state index is -1.18. The molecule has 0 saturated heterocycles. The molecule has 0 saturated carbocycles. The summed E-state index contributed by atoms with van der Waals surface area (Å²) in [7, 11) is 0. The molecule has 0 N–H and O–H groups in total. The van der Waals surface area contributed by atoms with Crippen LogP contribution in [0.25, 0.3) is 32.7 Å². The van der Waals surface area contributed by atoms with Gasteiger partial charge in [-0.1, -0.05) is 30.3 Å². The molecule has 0 aliphatic heterocycles. The van der Waals surface area contributed by atoms with E-state index < -0.39 is 23.3 Å². The molecule has 0 nitrogen and oxygen atoms in total. The van der Waals surface area contributed by atoms with Gasteiger partial charge in [-0.15, -0.1) is 0 Å². The van der Waals surface area contributed by atoms with Crippen molar-refractivity contribution in [2.75, 3.05) is 0 Å². The average Bonchev–Trinajstić information content (AvgIpc) is 2.61. The zero-order valence-corrected chi connectivity index (χ0v) is 14.7. The van der Waals surface area contributed by atoms with Crippen LogP contribution < -0.4 is 0 Å². The van der Waals surface area contributed by atoms with Crippen molar-refractivity contribution >= 4 is 44.1 Å². The van der Waals surface area contributed by atoms with Crippen molar-refractivity contribution in [2.24, 2.45) is 0 Å². The second-order valence-corrected chi connectivity index (χ2v) is 6.93. The van der Waals surface area contributed by atoms with Crippen molar-refractivity contribution in [1.29, 1.82) is 0 Å². The lowest BCUT2D eigenvalue weighted by Crippen LogP contribution is -1.96. The Balaban J connectivity index is 2.11. The van der Waals surface area contributed by atoms with Gasteiger partial charge < -0.3 is 0 Å². The SMILES string of the molecule is Fc1ccc2ccc3cc(-c4ccc(I)cc4)c(F)c(F)c3c2c1F. The molecule has 0 fully saturated rings. The van der Waals surface area contributed by atoms with Crippen molar-refractivity contribution < 1.29 is 17.6 Å². The summed E-state index contributed by atoms with van der Waals surface area (Å²) in [6.45, 7) is 0. The van der Waals surface area contributed by atoms with E-state index >= 15 is 0 Å². The summed E-state index contributed by atoms with van der Waals surface area (Å²) in [5.74, 6) is -4.53. The second-order valence-electron chi connectivity index (χ2n) is 5.68. The Bertz CT molecular complexity index is 1130. The monoisotopic (exact) mass is 452 g/mol. The molecule has 0 unspecified atom stereocenters. The molecule has 0 atom stereocenters. The van der Waals surface area contributed by atoms with Crippen LogP contribution in [0, 0.1) is 26.8 Å². The molecule has 0 heterocycles. The van der Waals surface area contributed by atoms with Crippen LogP contribution in [0.1, 0.15) is 0 Å². The predicted octanol–water partition coefficient (Wildman–Crippen LogP) is 6.82. The molecule has 4 rings (SSSR count). The molecule has 0 amide bonds. The van der Waals surface area contributed by atoms with Gasteiger partial charge in [0.15, 0.2) is 23.3 Å². The van der Waals surface area contributed by atoms with Gasteiger partial charge in [-0.05, 0) is 63.2 Å². The van der Waals surface area contributed by atoms with Gasteiger partial charge in [0.05, 0.1) is 0 Å². The fourth-order valence-corrected chi connectivity index (χ4v) is 3.37. The van der Waals surface area contributed by atoms with Gasteiger partial charge >= 0.3 is 0 Å². The van der Waals surface area contributed by atoms with Crippen LogP contribution in [0.15, 0.2) is 54.6 Å². The molecule has 0 radical (unpaired) electrons. The van der Waals surface area contributed by atoms with Crippen molar-refractivity contribution in [2.45, 2.75) is 0 Å². The molecular weight excluding hydrogens is 443 g/mol. The normalized spacial score (nSPS) is 11.4. The van der Waals surface area contributed by atoms with Gasteiger partial charge in [-0.3, -0.25) is 0 Å². The van der Waals surface area contributed by atoms with E-state index in [0.717, 1.165) is 9.64 Å². The lowest BCUT2D eigenvalue weighted by Gasteiger charge is -2.11. The summed E-state index contributed by atoms with van der Waals surface area (Å²) >= 11 is 2.12. The maximum Gasteiger partial charge on any atom is 0.168 e. The van der Waals surface area contributed by atoms with Crippen LogP contribution in [0.4, 0.5) is 17.6 Å². The van der Waals surface area contributed by atoms with Crippen LogP contribution in [-0.4, -0.2) is 0 Å². The van der Waals surface area contributed by atoms with E-state index in [2.05, 4.69) is 22.6 Å². The lowest BCUT2D eigenvalue weighted by atomic mass is 9.96. The molecule has 0 bridgehead atoms. The van der Waals surface area contributed by atoms with Gasteiger partial charge in [0.25, 0.3) is 0 Å². The average molecular weight is 452 g/mol. The van der Waals surface area contributed by atoms with Crippen LogP contribution in [0.5, 0.6) is 0 Å². The highest BCUT2D eigenvalue weighted by atomic mass is 127. The maximum atomic E-state index is 14.8. The Kier molecular flexibility index (Phi) is 3.91. The zero-order chi connectivity index (χ0) is 17.7. The minimum Gasteiger partial charge on any atom is -0.204 e. The quantitative estimate of drug-likeness (QED) is 0.169. The number of halogens is 5. The fraction of sp³-hybridized carbons (Fsp3) is 0. The molecule has 0 aliphatic rings. The Morgan fingerprint density at radius 3 is 1.92 bits per heavy atom. The smallest absolute Gasteiger partial charge is 0.168 e. The Labute approximate surface area is 154 Å².